The molecule has 0 saturated heterocycles. The zero-order valence-corrected chi connectivity index (χ0v) is 17.8. The van der Waals surface area contributed by atoms with Crippen LogP contribution in [0, 0.1) is 5.82 Å². The fourth-order valence-electron chi connectivity index (χ4n) is 2.33. The van der Waals surface area contributed by atoms with Crippen LogP contribution in [-0.2, 0) is 11.2 Å². The number of nitrogens with one attached hydrogen (secondary N) is 1. The first kappa shape index (κ1) is 21.9. The van der Waals surface area contributed by atoms with Crippen LogP contribution in [0.15, 0.2) is 46.0 Å². The van der Waals surface area contributed by atoms with Crippen molar-refractivity contribution in [2.45, 2.75) is 39.7 Å². The lowest BCUT2D eigenvalue weighted by Crippen LogP contribution is -2.19. The van der Waals surface area contributed by atoms with Crippen LogP contribution in [0.25, 0.3) is 0 Å². The average molecular weight is 451 g/mol. The minimum absolute atomic E-state index is 0.0563. The SMILES string of the molecule is CCOc1cc(/C=N/NC(=O)Cc2ccc(F)cc2)cc(Br)c1O[C@@H](C)CC. The van der Waals surface area contributed by atoms with E-state index in [-0.39, 0.29) is 24.2 Å². The number of halogens is 2. The van der Waals surface area contributed by atoms with Crippen LogP contribution < -0.4 is 14.9 Å². The Morgan fingerprint density at radius 2 is 2.00 bits per heavy atom. The highest BCUT2D eigenvalue weighted by atomic mass is 79.9. The van der Waals surface area contributed by atoms with E-state index in [0.29, 0.717) is 23.7 Å². The topological polar surface area (TPSA) is 59.9 Å². The third-order valence-corrected chi connectivity index (χ3v) is 4.50. The van der Waals surface area contributed by atoms with Gasteiger partial charge in [0.2, 0.25) is 5.91 Å². The summed E-state index contributed by atoms with van der Waals surface area (Å²) in [6.45, 7) is 6.44. The molecule has 0 radical (unpaired) electrons. The minimum Gasteiger partial charge on any atom is -0.490 e. The number of hydrogen-bond acceptors (Lipinski definition) is 4. The zero-order valence-electron chi connectivity index (χ0n) is 16.2. The maximum absolute atomic E-state index is 12.9. The highest BCUT2D eigenvalue weighted by Crippen LogP contribution is 2.37. The maximum Gasteiger partial charge on any atom is 0.244 e. The Hall–Kier alpha value is -2.41. The molecular weight excluding hydrogens is 427 g/mol. The molecule has 28 heavy (non-hydrogen) atoms. The molecule has 0 unspecified atom stereocenters. The van der Waals surface area contributed by atoms with Gasteiger partial charge in [-0.05, 0) is 71.6 Å². The summed E-state index contributed by atoms with van der Waals surface area (Å²) < 4.78 is 25.3. The summed E-state index contributed by atoms with van der Waals surface area (Å²) in [7, 11) is 0. The molecule has 1 N–H and O–H groups in total. The molecule has 7 heteroatoms. The second kappa shape index (κ2) is 10.8. The van der Waals surface area contributed by atoms with Gasteiger partial charge in [-0.1, -0.05) is 19.1 Å². The number of rotatable bonds is 9. The van der Waals surface area contributed by atoms with E-state index in [0.717, 1.165) is 16.5 Å². The Balaban J connectivity index is 2.05. The van der Waals surface area contributed by atoms with Gasteiger partial charge in [-0.2, -0.15) is 5.10 Å². The molecule has 2 aromatic rings. The summed E-state index contributed by atoms with van der Waals surface area (Å²) in [5.41, 5.74) is 3.93. The summed E-state index contributed by atoms with van der Waals surface area (Å²) in [6.07, 6.45) is 2.58. The van der Waals surface area contributed by atoms with Crippen LogP contribution in [0.5, 0.6) is 11.5 Å². The Labute approximate surface area is 173 Å². The van der Waals surface area contributed by atoms with Gasteiger partial charge in [0.15, 0.2) is 11.5 Å². The number of carbonyl (C=O) groups is 1. The predicted molar refractivity (Wildman–Crippen MR) is 112 cm³/mol. The molecular formula is C21H24BrFN2O3. The van der Waals surface area contributed by atoms with E-state index >= 15 is 0 Å². The van der Waals surface area contributed by atoms with Crippen LogP contribution >= 0.6 is 15.9 Å². The summed E-state index contributed by atoms with van der Waals surface area (Å²) >= 11 is 3.51. The van der Waals surface area contributed by atoms with E-state index in [1.54, 1.807) is 12.1 Å². The van der Waals surface area contributed by atoms with E-state index in [1.165, 1.54) is 18.3 Å². The Morgan fingerprint density at radius 3 is 2.64 bits per heavy atom. The smallest absolute Gasteiger partial charge is 0.244 e. The van der Waals surface area contributed by atoms with Crippen LogP contribution in [-0.4, -0.2) is 24.8 Å². The molecule has 0 bridgehead atoms. The highest BCUT2D eigenvalue weighted by Gasteiger charge is 2.14. The second-order valence-corrected chi connectivity index (χ2v) is 7.05. The zero-order chi connectivity index (χ0) is 20.5. The number of nitrogens with zero attached hydrogens (tertiary/aromatic N) is 1. The van der Waals surface area contributed by atoms with Gasteiger partial charge in [-0.15, -0.1) is 0 Å². The van der Waals surface area contributed by atoms with Crippen molar-refractivity contribution in [3.8, 4) is 11.5 Å². The Morgan fingerprint density at radius 1 is 1.29 bits per heavy atom. The lowest BCUT2D eigenvalue weighted by Gasteiger charge is -2.18. The predicted octanol–water partition coefficient (Wildman–Crippen LogP) is 4.86. The first-order chi connectivity index (χ1) is 13.4. The second-order valence-electron chi connectivity index (χ2n) is 6.20. The van der Waals surface area contributed by atoms with E-state index in [2.05, 4.69) is 33.4 Å². The molecule has 2 rings (SSSR count). The number of amides is 1. The molecule has 2 aromatic carbocycles. The van der Waals surface area contributed by atoms with Crippen molar-refractivity contribution < 1.29 is 18.7 Å². The van der Waals surface area contributed by atoms with Crippen LogP contribution in [0.2, 0.25) is 0 Å². The lowest BCUT2D eigenvalue weighted by atomic mass is 10.1. The average Bonchev–Trinajstić information content (AvgIpc) is 2.66. The fraction of sp³-hybridized carbons (Fsp3) is 0.333. The van der Waals surface area contributed by atoms with E-state index in [9.17, 15) is 9.18 Å². The number of benzene rings is 2. The summed E-state index contributed by atoms with van der Waals surface area (Å²) in [4.78, 5) is 12.0. The standard InChI is InChI=1S/C21H24BrFN2O3/c1-4-14(3)28-21-18(22)10-16(11-19(21)27-5-2)13-24-25-20(26)12-15-6-8-17(23)9-7-15/h6-11,13-14H,4-5,12H2,1-3H3,(H,25,26)/b24-13+/t14-/m0/s1. The highest BCUT2D eigenvalue weighted by molar-refractivity contribution is 9.10. The first-order valence-electron chi connectivity index (χ1n) is 9.12. The Bertz CT molecular complexity index is 825. The van der Waals surface area contributed by atoms with Gasteiger partial charge < -0.3 is 9.47 Å². The first-order valence-corrected chi connectivity index (χ1v) is 9.91. The normalized spacial score (nSPS) is 12.0. The van der Waals surface area contributed by atoms with Gasteiger partial charge in [-0.3, -0.25) is 4.79 Å². The van der Waals surface area contributed by atoms with E-state index in [4.69, 9.17) is 9.47 Å². The lowest BCUT2D eigenvalue weighted by molar-refractivity contribution is -0.120. The monoisotopic (exact) mass is 450 g/mol. The van der Waals surface area contributed by atoms with Crippen molar-refractivity contribution in [3.05, 3.63) is 57.8 Å². The van der Waals surface area contributed by atoms with Gasteiger partial charge >= 0.3 is 0 Å². The van der Waals surface area contributed by atoms with Crippen molar-refractivity contribution in [2.24, 2.45) is 5.10 Å². The van der Waals surface area contributed by atoms with Gasteiger partial charge in [0.05, 0.1) is 29.8 Å². The van der Waals surface area contributed by atoms with Crippen LogP contribution in [0.4, 0.5) is 4.39 Å². The number of hydrogen-bond donors (Lipinski definition) is 1. The number of carbonyl (C=O) groups excluding carboxylic acids is 1. The van der Waals surface area contributed by atoms with Crippen molar-refractivity contribution >= 4 is 28.1 Å². The van der Waals surface area contributed by atoms with Gasteiger partial charge in [0, 0.05) is 0 Å². The molecule has 5 nitrogen and oxygen atoms in total. The molecule has 1 atom stereocenters. The maximum atomic E-state index is 12.9. The molecule has 0 aliphatic carbocycles. The van der Waals surface area contributed by atoms with Crippen LogP contribution in [0.3, 0.4) is 0 Å². The molecule has 0 aromatic heterocycles. The molecule has 1 amide bonds. The Kier molecular flexibility index (Phi) is 8.44. The van der Waals surface area contributed by atoms with Gasteiger partial charge in [-0.25, -0.2) is 9.82 Å². The molecule has 0 saturated carbocycles. The van der Waals surface area contributed by atoms with Crippen molar-refractivity contribution in [2.75, 3.05) is 6.61 Å². The van der Waals surface area contributed by atoms with Crippen molar-refractivity contribution in [1.29, 1.82) is 0 Å². The molecule has 150 valence electrons. The minimum atomic E-state index is -0.335. The summed E-state index contributed by atoms with van der Waals surface area (Å²) in [5.74, 6) is 0.632. The van der Waals surface area contributed by atoms with Crippen molar-refractivity contribution in [3.63, 3.8) is 0 Å². The van der Waals surface area contributed by atoms with Gasteiger partial charge in [0.25, 0.3) is 0 Å². The van der Waals surface area contributed by atoms with Gasteiger partial charge in [0.1, 0.15) is 5.82 Å². The third-order valence-electron chi connectivity index (χ3n) is 3.91. The van der Waals surface area contributed by atoms with Crippen LogP contribution in [0.1, 0.15) is 38.3 Å². The molecule has 0 heterocycles. The quantitative estimate of drug-likeness (QED) is 0.438. The molecule has 0 fully saturated rings. The fourth-order valence-corrected chi connectivity index (χ4v) is 2.88. The van der Waals surface area contributed by atoms with Crippen molar-refractivity contribution in [1.82, 2.24) is 5.43 Å². The third kappa shape index (κ3) is 6.64. The largest absolute Gasteiger partial charge is 0.490 e. The molecule has 0 spiro atoms. The summed E-state index contributed by atoms with van der Waals surface area (Å²) in [5, 5.41) is 3.99. The number of hydrazone groups is 1. The number of ether oxygens (including phenoxy) is 2. The molecule has 0 aliphatic heterocycles. The summed E-state index contributed by atoms with van der Waals surface area (Å²) in [6, 6.07) is 9.43. The van der Waals surface area contributed by atoms with E-state index < -0.39 is 0 Å². The molecule has 0 aliphatic rings. The van der Waals surface area contributed by atoms with E-state index in [1.807, 2.05) is 26.0 Å².